The fraction of sp³-hybridized carbons (Fsp3) is 0. The van der Waals surface area contributed by atoms with Crippen molar-refractivity contribution in [2.45, 2.75) is 0 Å². The van der Waals surface area contributed by atoms with Gasteiger partial charge in [0.25, 0.3) is 0 Å². The van der Waals surface area contributed by atoms with E-state index in [1.807, 2.05) is 48.5 Å². The number of hydrogen-bond donors (Lipinski definition) is 0. The van der Waals surface area contributed by atoms with Gasteiger partial charge in [0.05, 0.1) is 11.0 Å². The van der Waals surface area contributed by atoms with Crippen LogP contribution in [-0.2, 0) is 0 Å². The molecule has 0 atom stereocenters. The molecule has 0 saturated carbocycles. The maximum Gasteiger partial charge on any atom is 0.113 e. The average molecular weight is 658 g/mol. The molecule has 8 aromatic carbocycles. The van der Waals surface area contributed by atoms with E-state index in [-0.39, 0.29) is 0 Å². The first-order chi connectivity index (χ1) is 25.6. The number of para-hydroxylation sites is 1. The van der Waals surface area contributed by atoms with Crippen molar-refractivity contribution in [2.24, 2.45) is 0 Å². The first kappa shape index (κ1) is 31.5. The molecule has 0 amide bonds. The zero-order valence-electron chi connectivity index (χ0n) is 28.5. The SMILES string of the molecule is [B]c1ccc(N(c2ccc([B])cc2)c2ccc(-c3ccc4c5ccccc5n(-c5cccc(-c6cccc(-c7ccccc7)c6)c5)c4c3)cc2)cc1. The van der Waals surface area contributed by atoms with Gasteiger partial charge in [0.15, 0.2) is 0 Å². The minimum Gasteiger partial charge on any atom is -0.311 e. The van der Waals surface area contributed by atoms with Crippen molar-refractivity contribution in [2.75, 3.05) is 4.90 Å². The van der Waals surface area contributed by atoms with Gasteiger partial charge in [-0.2, -0.15) is 0 Å². The van der Waals surface area contributed by atoms with Crippen LogP contribution in [-0.4, -0.2) is 20.3 Å². The molecule has 4 radical (unpaired) electrons. The van der Waals surface area contributed by atoms with Gasteiger partial charge < -0.3 is 9.47 Å². The Morgan fingerprint density at radius 2 is 0.788 bits per heavy atom. The number of fused-ring (bicyclic) bond motifs is 3. The monoisotopic (exact) mass is 658 g/mol. The van der Waals surface area contributed by atoms with Crippen LogP contribution in [0.3, 0.4) is 0 Å². The van der Waals surface area contributed by atoms with Crippen molar-refractivity contribution in [3.8, 4) is 39.1 Å². The smallest absolute Gasteiger partial charge is 0.113 e. The molecule has 9 rings (SSSR count). The van der Waals surface area contributed by atoms with Gasteiger partial charge in [0.2, 0.25) is 0 Å². The predicted molar refractivity (Wildman–Crippen MR) is 223 cm³/mol. The van der Waals surface area contributed by atoms with Gasteiger partial charge in [0, 0.05) is 33.5 Å². The second-order valence-electron chi connectivity index (χ2n) is 13.1. The van der Waals surface area contributed by atoms with Gasteiger partial charge in [0.1, 0.15) is 15.7 Å². The van der Waals surface area contributed by atoms with E-state index in [0.29, 0.717) is 0 Å². The van der Waals surface area contributed by atoms with Gasteiger partial charge in [-0.3, -0.25) is 0 Å². The average Bonchev–Trinajstić information content (AvgIpc) is 3.54. The summed E-state index contributed by atoms with van der Waals surface area (Å²) in [6.45, 7) is 0. The molecule has 0 bridgehead atoms. The van der Waals surface area contributed by atoms with Crippen LogP contribution in [0.1, 0.15) is 0 Å². The number of aromatic nitrogens is 1. The quantitative estimate of drug-likeness (QED) is 0.155. The summed E-state index contributed by atoms with van der Waals surface area (Å²) >= 11 is 0. The standard InChI is InChI=1S/C48H32B2N2/c49-39-19-25-42(26-20-39)51(43-27-21-40(50)22-28-43)41-23-16-34(17-24-41)38-18-29-46-45-14-4-5-15-47(45)52(48(46)32-38)44-13-7-12-37(31-44)36-11-6-10-35(30-36)33-8-2-1-3-9-33/h1-32H. The lowest BCUT2D eigenvalue weighted by atomic mass is 9.95. The molecule has 9 aromatic rings. The van der Waals surface area contributed by atoms with E-state index in [4.69, 9.17) is 15.7 Å². The first-order valence-corrected chi connectivity index (χ1v) is 17.5. The summed E-state index contributed by atoms with van der Waals surface area (Å²) in [7, 11) is 12.1. The molecular formula is C48H32B2N2. The van der Waals surface area contributed by atoms with Crippen molar-refractivity contribution in [3.05, 3.63) is 194 Å². The van der Waals surface area contributed by atoms with Crippen molar-refractivity contribution in [1.29, 1.82) is 0 Å². The zero-order chi connectivity index (χ0) is 35.0. The third kappa shape index (κ3) is 5.89. The number of anilines is 3. The highest BCUT2D eigenvalue weighted by molar-refractivity contribution is 6.32. The molecule has 4 heteroatoms. The summed E-state index contributed by atoms with van der Waals surface area (Å²) < 4.78 is 2.40. The van der Waals surface area contributed by atoms with Gasteiger partial charge in [-0.15, -0.1) is 0 Å². The van der Waals surface area contributed by atoms with Crippen molar-refractivity contribution in [3.63, 3.8) is 0 Å². The van der Waals surface area contributed by atoms with E-state index in [1.54, 1.807) is 0 Å². The van der Waals surface area contributed by atoms with E-state index in [2.05, 4.69) is 155 Å². The Morgan fingerprint density at radius 1 is 0.327 bits per heavy atom. The van der Waals surface area contributed by atoms with E-state index >= 15 is 0 Å². The Morgan fingerprint density at radius 3 is 1.46 bits per heavy atom. The lowest BCUT2D eigenvalue weighted by Crippen LogP contribution is -2.12. The molecule has 0 fully saturated rings. The molecule has 1 aromatic heterocycles. The van der Waals surface area contributed by atoms with E-state index in [1.165, 1.54) is 44.1 Å². The lowest BCUT2D eigenvalue weighted by Gasteiger charge is -2.26. The summed E-state index contributed by atoms with van der Waals surface area (Å²) in [4.78, 5) is 2.21. The third-order valence-electron chi connectivity index (χ3n) is 9.84. The van der Waals surface area contributed by atoms with E-state index < -0.39 is 0 Å². The van der Waals surface area contributed by atoms with Gasteiger partial charge >= 0.3 is 0 Å². The number of hydrogen-bond acceptors (Lipinski definition) is 1. The highest BCUT2D eigenvalue weighted by atomic mass is 15.1. The Balaban J connectivity index is 1.12. The van der Waals surface area contributed by atoms with Crippen LogP contribution in [0.15, 0.2) is 194 Å². The zero-order valence-corrected chi connectivity index (χ0v) is 28.5. The summed E-state index contributed by atoms with van der Waals surface area (Å²) in [5.74, 6) is 0. The minimum atomic E-state index is 0.730. The van der Waals surface area contributed by atoms with Crippen LogP contribution in [0, 0.1) is 0 Å². The first-order valence-electron chi connectivity index (χ1n) is 17.5. The van der Waals surface area contributed by atoms with Crippen LogP contribution in [0.4, 0.5) is 17.1 Å². The van der Waals surface area contributed by atoms with Gasteiger partial charge in [-0.1, -0.05) is 138 Å². The third-order valence-corrected chi connectivity index (χ3v) is 9.84. The summed E-state index contributed by atoms with van der Waals surface area (Å²) in [6.07, 6.45) is 0. The normalized spacial score (nSPS) is 11.2. The van der Waals surface area contributed by atoms with Crippen molar-refractivity contribution < 1.29 is 0 Å². The highest BCUT2D eigenvalue weighted by Crippen LogP contribution is 2.38. The van der Waals surface area contributed by atoms with Crippen LogP contribution in [0.25, 0.3) is 60.9 Å². The molecule has 1 heterocycles. The second-order valence-corrected chi connectivity index (χ2v) is 13.1. The molecule has 0 aliphatic rings. The number of rotatable bonds is 7. The maximum absolute atomic E-state index is 6.04. The number of nitrogens with zero attached hydrogens (tertiary/aromatic N) is 2. The predicted octanol–water partition coefficient (Wildman–Crippen LogP) is 10.8. The Bertz CT molecular complexity index is 2630. The minimum absolute atomic E-state index is 0.730. The largest absolute Gasteiger partial charge is 0.311 e. The van der Waals surface area contributed by atoms with Crippen molar-refractivity contribution in [1.82, 2.24) is 4.57 Å². The summed E-state index contributed by atoms with van der Waals surface area (Å²) in [5.41, 5.74) is 15.1. The van der Waals surface area contributed by atoms with Crippen LogP contribution < -0.4 is 15.8 Å². The van der Waals surface area contributed by atoms with E-state index in [9.17, 15) is 0 Å². The number of benzene rings is 8. The molecule has 0 aliphatic carbocycles. The summed E-state index contributed by atoms with van der Waals surface area (Å²) in [5, 5.41) is 2.46. The molecule has 240 valence electrons. The van der Waals surface area contributed by atoms with Crippen LogP contribution >= 0.6 is 0 Å². The Labute approximate surface area is 307 Å². The topological polar surface area (TPSA) is 8.17 Å². The molecular weight excluding hydrogens is 626 g/mol. The molecule has 0 spiro atoms. The van der Waals surface area contributed by atoms with Gasteiger partial charge in [-0.05, 0) is 100 Å². The van der Waals surface area contributed by atoms with Crippen LogP contribution in [0.2, 0.25) is 0 Å². The molecule has 0 unspecified atom stereocenters. The van der Waals surface area contributed by atoms with Crippen LogP contribution in [0.5, 0.6) is 0 Å². The lowest BCUT2D eigenvalue weighted by molar-refractivity contribution is 1.18. The Kier molecular flexibility index (Phi) is 8.06. The molecule has 0 N–H and O–H groups in total. The summed E-state index contributed by atoms with van der Waals surface area (Å²) in [6, 6.07) is 68.4. The highest BCUT2D eigenvalue weighted by Gasteiger charge is 2.16. The fourth-order valence-electron chi connectivity index (χ4n) is 7.26. The maximum atomic E-state index is 6.04. The molecule has 0 saturated heterocycles. The molecule has 52 heavy (non-hydrogen) atoms. The van der Waals surface area contributed by atoms with Gasteiger partial charge in [-0.25, -0.2) is 0 Å². The van der Waals surface area contributed by atoms with Crippen molar-refractivity contribution >= 4 is 65.5 Å². The van der Waals surface area contributed by atoms with E-state index in [0.717, 1.165) is 44.8 Å². The molecule has 0 aliphatic heterocycles. The Hall–Kier alpha value is -6.51. The fourth-order valence-corrected chi connectivity index (χ4v) is 7.26. The second kappa shape index (κ2) is 13.3. The molecule has 2 nitrogen and oxygen atoms in total.